The highest BCUT2D eigenvalue weighted by Crippen LogP contribution is 2.28. The Morgan fingerprint density at radius 3 is 3.18 bits per heavy atom. The number of fused-ring (bicyclic) bond motifs is 2. The standard InChI is InChI=1S/C8H13NO2/c1-2-6-5-8-7(10)3-4-9(6)11-8/h6,8H,2-5H2,1H3/t6-,8+/m0/s1. The van der Waals surface area contributed by atoms with Crippen LogP contribution in [0, 0.1) is 0 Å². The van der Waals surface area contributed by atoms with Crippen molar-refractivity contribution >= 4 is 5.78 Å². The van der Waals surface area contributed by atoms with Crippen molar-refractivity contribution < 1.29 is 9.63 Å². The van der Waals surface area contributed by atoms with Crippen molar-refractivity contribution in [1.82, 2.24) is 5.06 Å². The summed E-state index contributed by atoms with van der Waals surface area (Å²) in [6.07, 6.45) is 2.58. The maximum absolute atomic E-state index is 11.2. The second-order valence-electron chi connectivity index (χ2n) is 3.25. The molecular formula is C8H13NO2. The first-order valence-corrected chi connectivity index (χ1v) is 4.27. The van der Waals surface area contributed by atoms with Gasteiger partial charge < -0.3 is 0 Å². The monoisotopic (exact) mass is 155 g/mol. The molecule has 0 aromatic carbocycles. The third kappa shape index (κ3) is 1.08. The van der Waals surface area contributed by atoms with Gasteiger partial charge in [-0.05, 0) is 6.42 Å². The Labute approximate surface area is 66.3 Å². The molecule has 0 saturated carbocycles. The van der Waals surface area contributed by atoms with Gasteiger partial charge in [0.1, 0.15) is 6.10 Å². The highest BCUT2D eigenvalue weighted by molar-refractivity contribution is 5.84. The quantitative estimate of drug-likeness (QED) is 0.559. The molecule has 2 aliphatic rings. The summed E-state index contributed by atoms with van der Waals surface area (Å²) in [5.74, 6) is 0.289. The Morgan fingerprint density at radius 2 is 2.55 bits per heavy atom. The van der Waals surface area contributed by atoms with Crippen LogP contribution in [0.15, 0.2) is 0 Å². The molecule has 2 aliphatic heterocycles. The molecule has 3 nitrogen and oxygen atoms in total. The van der Waals surface area contributed by atoms with Gasteiger partial charge in [-0.1, -0.05) is 6.92 Å². The number of Topliss-reactive ketones (excluding diaryl/α,β-unsaturated/α-hetero) is 1. The average Bonchev–Trinajstić information content (AvgIpc) is 2.37. The van der Waals surface area contributed by atoms with Crippen LogP contribution >= 0.6 is 0 Å². The first kappa shape index (κ1) is 7.25. The van der Waals surface area contributed by atoms with E-state index in [9.17, 15) is 4.79 Å². The highest BCUT2D eigenvalue weighted by atomic mass is 16.7. The Hall–Kier alpha value is -0.410. The Balaban J connectivity index is 2.09. The SMILES string of the molecule is CC[C@H]1C[C@H]2ON1CCC2=O. The lowest BCUT2D eigenvalue weighted by atomic mass is 10.1. The van der Waals surface area contributed by atoms with Gasteiger partial charge in [0.05, 0.1) is 0 Å². The molecule has 0 aromatic heterocycles. The smallest absolute Gasteiger partial charge is 0.165 e. The summed E-state index contributed by atoms with van der Waals surface area (Å²) < 4.78 is 0. The van der Waals surface area contributed by atoms with Gasteiger partial charge >= 0.3 is 0 Å². The molecule has 62 valence electrons. The van der Waals surface area contributed by atoms with E-state index < -0.39 is 0 Å². The predicted molar refractivity (Wildman–Crippen MR) is 39.9 cm³/mol. The molecule has 1 unspecified atom stereocenters. The molecule has 0 aromatic rings. The van der Waals surface area contributed by atoms with Crippen LogP contribution in [0.25, 0.3) is 0 Å². The average molecular weight is 155 g/mol. The number of hydrogen-bond acceptors (Lipinski definition) is 3. The lowest BCUT2D eigenvalue weighted by Crippen LogP contribution is -2.35. The van der Waals surface area contributed by atoms with Crippen molar-refractivity contribution in [3.05, 3.63) is 0 Å². The second kappa shape index (κ2) is 2.57. The normalized spacial score (nSPS) is 43.0. The third-order valence-electron chi connectivity index (χ3n) is 2.57. The van der Waals surface area contributed by atoms with Crippen LogP contribution in [0.3, 0.4) is 0 Å². The van der Waals surface area contributed by atoms with E-state index in [-0.39, 0.29) is 11.9 Å². The molecule has 2 bridgehead atoms. The summed E-state index contributed by atoms with van der Waals surface area (Å²) in [5.41, 5.74) is 0. The van der Waals surface area contributed by atoms with E-state index in [2.05, 4.69) is 6.92 Å². The summed E-state index contributed by atoms with van der Waals surface area (Å²) in [6, 6.07) is 0.492. The fourth-order valence-corrected chi connectivity index (χ4v) is 1.83. The van der Waals surface area contributed by atoms with E-state index in [1.807, 2.05) is 5.06 Å². The second-order valence-corrected chi connectivity index (χ2v) is 3.25. The van der Waals surface area contributed by atoms with Gasteiger partial charge in [0.25, 0.3) is 0 Å². The third-order valence-corrected chi connectivity index (χ3v) is 2.57. The summed E-state index contributed by atoms with van der Waals surface area (Å²) in [4.78, 5) is 16.6. The Morgan fingerprint density at radius 1 is 1.73 bits per heavy atom. The molecule has 0 N–H and O–H groups in total. The number of hydroxylamine groups is 2. The molecule has 2 saturated heterocycles. The van der Waals surface area contributed by atoms with Crippen LogP contribution in [0.2, 0.25) is 0 Å². The summed E-state index contributed by atoms with van der Waals surface area (Å²) in [5, 5.41) is 1.98. The maximum atomic E-state index is 11.2. The highest BCUT2D eigenvalue weighted by Gasteiger charge is 2.40. The van der Waals surface area contributed by atoms with Gasteiger partial charge in [0.15, 0.2) is 5.78 Å². The zero-order valence-electron chi connectivity index (χ0n) is 6.75. The Kier molecular flexibility index (Phi) is 1.69. The minimum atomic E-state index is -0.103. The zero-order valence-corrected chi connectivity index (χ0v) is 6.75. The van der Waals surface area contributed by atoms with Crippen LogP contribution in [0.5, 0.6) is 0 Å². The molecule has 0 radical (unpaired) electrons. The fraction of sp³-hybridized carbons (Fsp3) is 0.875. The van der Waals surface area contributed by atoms with Gasteiger partial charge in [-0.2, -0.15) is 5.06 Å². The van der Waals surface area contributed by atoms with E-state index in [0.29, 0.717) is 12.5 Å². The van der Waals surface area contributed by atoms with E-state index in [4.69, 9.17) is 4.84 Å². The van der Waals surface area contributed by atoms with Crippen molar-refractivity contribution in [3.63, 3.8) is 0 Å². The molecule has 2 fully saturated rings. The van der Waals surface area contributed by atoms with Gasteiger partial charge in [-0.3, -0.25) is 9.63 Å². The minimum Gasteiger partial charge on any atom is -0.297 e. The van der Waals surface area contributed by atoms with E-state index in [0.717, 1.165) is 19.4 Å². The van der Waals surface area contributed by atoms with Gasteiger partial charge in [-0.15, -0.1) is 0 Å². The fourth-order valence-electron chi connectivity index (χ4n) is 1.83. The van der Waals surface area contributed by atoms with Crippen LogP contribution in [-0.2, 0) is 9.63 Å². The molecule has 3 atom stereocenters. The maximum Gasteiger partial charge on any atom is 0.165 e. The lowest BCUT2D eigenvalue weighted by molar-refractivity contribution is -0.189. The van der Waals surface area contributed by atoms with Crippen molar-refractivity contribution in [2.24, 2.45) is 0 Å². The zero-order chi connectivity index (χ0) is 7.84. The first-order chi connectivity index (χ1) is 5.31. The number of nitrogens with zero attached hydrogens (tertiary/aromatic N) is 1. The molecule has 0 aliphatic carbocycles. The number of rotatable bonds is 1. The molecule has 0 amide bonds. The van der Waals surface area contributed by atoms with E-state index in [1.165, 1.54) is 0 Å². The Bertz CT molecular complexity index is 181. The van der Waals surface area contributed by atoms with Gasteiger partial charge in [0.2, 0.25) is 0 Å². The van der Waals surface area contributed by atoms with Crippen molar-refractivity contribution in [1.29, 1.82) is 0 Å². The summed E-state index contributed by atoms with van der Waals surface area (Å²) in [7, 11) is 0. The summed E-state index contributed by atoms with van der Waals surface area (Å²) in [6.45, 7) is 2.94. The van der Waals surface area contributed by atoms with Gasteiger partial charge in [0, 0.05) is 25.4 Å². The molecule has 3 heteroatoms. The van der Waals surface area contributed by atoms with Gasteiger partial charge in [-0.25, -0.2) is 0 Å². The summed E-state index contributed by atoms with van der Waals surface area (Å²) >= 11 is 0. The van der Waals surface area contributed by atoms with Crippen molar-refractivity contribution in [2.45, 2.75) is 38.3 Å². The molecular weight excluding hydrogens is 142 g/mol. The van der Waals surface area contributed by atoms with E-state index >= 15 is 0 Å². The molecule has 0 spiro atoms. The number of carbonyl (C=O) groups is 1. The van der Waals surface area contributed by atoms with Crippen LogP contribution < -0.4 is 0 Å². The van der Waals surface area contributed by atoms with Crippen molar-refractivity contribution in [3.8, 4) is 0 Å². The first-order valence-electron chi connectivity index (χ1n) is 4.27. The molecule has 11 heavy (non-hydrogen) atoms. The number of carbonyl (C=O) groups excluding carboxylic acids is 1. The molecule has 2 heterocycles. The minimum absolute atomic E-state index is 0.103. The molecule has 2 rings (SSSR count). The van der Waals surface area contributed by atoms with Crippen LogP contribution in [0.1, 0.15) is 26.2 Å². The predicted octanol–water partition coefficient (Wildman–Crippen LogP) is 0.744. The van der Waals surface area contributed by atoms with Crippen LogP contribution in [0.4, 0.5) is 0 Å². The van der Waals surface area contributed by atoms with E-state index in [1.54, 1.807) is 0 Å². The largest absolute Gasteiger partial charge is 0.297 e. The lowest BCUT2D eigenvalue weighted by Gasteiger charge is -2.23. The number of ketones is 1. The topological polar surface area (TPSA) is 29.5 Å². The number of hydrogen-bond donors (Lipinski definition) is 0. The van der Waals surface area contributed by atoms with Crippen molar-refractivity contribution in [2.75, 3.05) is 6.54 Å². The van der Waals surface area contributed by atoms with Crippen LogP contribution in [-0.4, -0.2) is 29.5 Å².